The topological polar surface area (TPSA) is 65.2 Å². The second-order valence-corrected chi connectivity index (χ2v) is 4.24. The van der Waals surface area contributed by atoms with Gasteiger partial charge in [-0.1, -0.05) is 5.16 Å². The van der Waals surface area contributed by atoms with Crippen LogP contribution in [0.25, 0.3) is 0 Å². The molecule has 88 valence electrons. The predicted molar refractivity (Wildman–Crippen MR) is 55.9 cm³/mol. The van der Waals surface area contributed by atoms with E-state index in [4.69, 9.17) is 9.26 Å². The van der Waals surface area contributed by atoms with E-state index in [2.05, 4.69) is 10.1 Å². The van der Waals surface area contributed by atoms with Crippen LogP contribution in [0, 0.1) is 5.92 Å². The van der Waals surface area contributed by atoms with E-state index in [-0.39, 0.29) is 12.2 Å². The van der Waals surface area contributed by atoms with Gasteiger partial charge in [-0.3, -0.25) is 4.79 Å². The molecule has 1 saturated heterocycles. The van der Waals surface area contributed by atoms with Crippen LogP contribution in [0.3, 0.4) is 0 Å². The normalized spacial score (nSPS) is 17.6. The van der Waals surface area contributed by atoms with Crippen LogP contribution in [0.2, 0.25) is 0 Å². The number of nitrogens with zero attached hydrogens (tertiary/aromatic N) is 2. The minimum Gasteiger partial charge on any atom is -0.381 e. The highest BCUT2D eigenvalue weighted by atomic mass is 16.5. The number of rotatable bonds is 4. The van der Waals surface area contributed by atoms with Gasteiger partial charge in [-0.25, -0.2) is 0 Å². The van der Waals surface area contributed by atoms with E-state index in [9.17, 15) is 4.79 Å². The fourth-order valence-corrected chi connectivity index (χ4v) is 1.86. The summed E-state index contributed by atoms with van der Waals surface area (Å²) in [6.45, 7) is 3.16. The molecule has 5 nitrogen and oxygen atoms in total. The molecule has 0 radical (unpaired) electrons. The van der Waals surface area contributed by atoms with E-state index in [1.807, 2.05) is 0 Å². The maximum atomic E-state index is 10.9. The number of ether oxygens (including phenoxy) is 1. The van der Waals surface area contributed by atoms with Crippen molar-refractivity contribution in [2.45, 2.75) is 32.6 Å². The molecule has 1 aromatic rings. The summed E-state index contributed by atoms with van der Waals surface area (Å²) < 4.78 is 10.4. The van der Waals surface area contributed by atoms with Crippen molar-refractivity contribution in [3.05, 3.63) is 11.7 Å². The Labute approximate surface area is 94.2 Å². The third kappa shape index (κ3) is 3.13. The van der Waals surface area contributed by atoms with Gasteiger partial charge in [-0.2, -0.15) is 4.98 Å². The van der Waals surface area contributed by atoms with Gasteiger partial charge in [0.2, 0.25) is 5.89 Å². The summed E-state index contributed by atoms with van der Waals surface area (Å²) in [5, 5.41) is 3.78. The molecule has 0 unspecified atom stereocenters. The predicted octanol–water partition coefficient (Wildman–Crippen LogP) is 1.17. The van der Waals surface area contributed by atoms with Crippen LogP contribution in [0.15, 0.2) is 4.52 Å². The molecule has 0 N–H and O–H groups in total. The van der Waals surface area contributed by atoms with Gasteiger partial charge in [-0.15, -0.1) is 0 Å². The molecule has 5 heteroatoms. The van der Waals surface area contributed by atoms with Crippen LogP contribution in [0.1, 0.15) is 31.5 Å². The molecule has 0 amide bonds. The summed E-state index contributed by atoms with van der Waals surface area (Å²) >= 11 is 0. The Morgan fingerprint density at radius 3 is 2.88 bits per heavy atom. The van der Waals surface area contributed by atoms with Gasteiger partial charge in [-0.05, 0) is 25.7 Å². The third-order valence-electron chi connectivity index (χ3n) is 2.72. The van der Waals surface area contributed by atoms with Gasteiger partial charge in [0, 0.05) is 19.6 Å². The summed E-state index contributed by atoms with van der Waals surface area (Å²) in [6.07, 6.45) is 3.15. The van der Waals surface area contributed by atoms with Crippen molar-refractivity contribution in [2.24, 2.45) is 5.92 Å². The Bertz CT molecular complexity index is 356. The number of aromatic nitrogens is 2. The summed E-state index contributed by atoms with van der Waals surface area (Å²) in [7, 11) is 0. The highest BCUT2D eigenvalue weighted by molar-refractivity contribution is 5.77. The second-order valence-electron chi connectivity index (χ2n) is 4.24. The van der Waals surface area contributed by atoms with Crippen molar-refractivity contribution < 1.29 is 14.1 Å². The molecule has 16 heavy (non-hydrogen) atoms. The van der Waals surface area contributed by atoms with Crippen molar-refractivity contribution in [3.8, 4) is 0 Å². The number of hydrogen-bond donors (Lipinski definition) is 0. The van der Waals surface area contributed by atoms with E-state index in [0.717, 1.165) is 32.5 Å². The van der Waals surface area contributed by atoms with Crippen LogP contribution in [0.5, 0.6) is 0 Å². The first-order chi connectivity index (χ1) is 7.74. The molecule has 0 atom stereocenters. The van der Waals surface area contributed by atoms with Crippen LogP contribution < -0.4 is 0 Å². The maximum absolute atomic E-state index is 10.9. The van der Waals surface area contributed by atoms with Crippen molar-refractivity contribution in [3.63, 3.8) is 0 Å². The third-order valence-corrected chi connectivity index (χ3v) is 2.72. The smallest absolute Gasteiger partial charge is 0.226 e. The van der Waals surface area contributed by atoms with Crippen molar-refractivity contribution in [1.29, 1.82) is 0 Å². The molecular formula is C11H16N2O3. The summed E-state index contributed by atoms with van der Waals surface area (Å²) in [4.78, 5) is 15.1. The van der Waals surface area contributed by atoms with Crippen molar-refractivity contribution in [1.82, 2.24) is 10.1 Å². The average Bonchev–Trinajstić information content (AvgIpc) is 2.66. The zero-order valence-corrected chi connectivity index (χ0v) is 9.44. The lowest BCUT2D eigenvalue weighted by Gasteiger charge is -2.19. The van der Waals surface area contributed by atoms with Crippen LogP contribution in [0.4, 0.5) is 0 Å². The van der Waals surface area contributed by atoms with Crippen LogP contribution >= 0.6 is 0 Å². The summed E-state index contributed by atoms with van der Waals surface area (Å²) in [6, 6.07) is 0. The molecule has 0 aliphatic carbocycles. The lowest BCUT2D eigenvalue weighted by Crippen LogP contribution is -2.17. The van der Waals surface area contributed by atoms with E-state index in [0.29, 0.717) is 17.6 Å². The molecule has 0 spiro atoms. The molecule has 1 aliphatic heterocycles. The first-order valence-electron chi connectivity index (χ1n) is 5.62. The summed E-state index contributed by atoms with van der Waals surface area (Å²) in [5.41, 5.74) is 0. The molecule has 2 heterocycles. The lowest BCUT2D eigenvalue weighted by molar-refractivity contribution is -0.116. The van der Waals surface area contributed by atoms with E-state index in [1.54, 1.807) is 0 Å². The molecular weight excluding hydrogens is 208 g/mol. The zero-order chi connectivity index (χ0) is 11.4. The Hall–Kier alpha value is -1.23. The van der Waals surface area contributed by atoms with Crippen LogP contribution in [-0.2, 0) is 22.4 Å². The fourth-order valence-electron chi connectivity index (χ4n) is 1.86. The van der Waals surface area contributed by atoms with Gasteiger partial charge in [0.1, 0.15) is 5.78 Å². The van der Waals surface area contributed by atoms with Gasteiger partial charge in [0.15, 0.2) is 5.82 Å². The number of Topliss-reactive ketones (excluding diaryl/α,β-unsaturated/α-hetero) is 1. The van der Waals surface area contributed by atoms with Gasteiger partial charge in [0.05, 0.1) is 6.42 Å². The number of carbonyl (C=O) groups excluding carboxylic acids is 1. The average molecular weight is 224 g/mol. The Balaban J connectivity index is 1.88. The van der Waals surface area contributed by atoms with Gasteiger partial charge < -0.3 is 9.26 Å². The SMILES string of the molecule is CC(=O)Cc1noc(CC2CCOCC2)n1. The van der Waals surface area contributed by atoms with Gasteiger partial charge >= 0.3 is 0 Å². The Morgan fingerprint density at radius 2 is 2.19 bits per heavy atom. The quantitative estimate of drug-likeness (QED) is 0.768. The van der Waals surface area contributed by atoms with Crippen molar-refractivity contribution in [2.75, 3.05) is 13.2 Å². The molecule has 1 aromatic heterocycles. The first kappa shape index (κ1) is 11.3. The molecule has 0 aromatic carbocycles. The molecule has 0 saturated carbocycles. The second kappa shape index (κ2) is 5.21. The standard InChI is InChI=1S/C11H16N2O3/c1-8(14)6-10-12-11(16-13-10)7-9-2-4-15-5-3-9/h9H,2-7H2,1H3. The van der Waals surface area contributed by atoms with E-state index in [1.165, 1.54) is 6.92 Å². The van der Waals surface area contributed by atoms with Crippen LogP contribution in [-0.4, -0.2) is 29.1 Å². The molecule has 0 bridgehead atoms. The number of carbonyl (C=O) groups is 1. The van der Waals surface area contributed by atoms with Gasteiger partial charge in [0.25, 0.3) is 0 Å². The monoisotopic (exact) mass is 224 g/mol. The van der Waals surface area contributed by atoms with E-state index >= 15 is 0 Å². The molecule has 1 aliphatic rings. The van der Waals surface area contributed by atoms with E-state index < -0.39 is 0 Å². The Morgan fingerprint density at radius 1 is 1.44 bits per heavy atom. The molecule has 2 rings (SSSR count). The highest BCUT2D eigenvalue weighted by Gasteiger charge is 2.18. The number of ketones is 1. The lowest BCUT2D eigenvalue weighted by atomic mass is 9.97. The highest BCUT2D eigenvalue weighted by Crippen LogP contribution is 2.19. The van der Waals surface area contributed by atoms with Crippen molar-refractivity contribution >= 4 is 5.78 Å². The molecule has 1 fully saturated rings. The Kier molecular flexibility index (Phi) is 3.66. The summed E-state index contributed by atoms with van der Waals surface area (Å²) in [5.74, 6) is 1.76. The minimum absolute atomic E-state index is 0.0541. The minimum atomic E-state index is 0.0541. The first-order valence-corrected chi connectivity index (χ1v) is 5.62. The number of hydrogen-bond acceptors (Lipinski definition) is 5. The fraction of sp³-hybridized carbons (Fsp3) is 0.727. The maximum Gasteiger partial charge on any atom is 0.226 e. The largest absolute Gasteiger partial charge is 0.381 e. The zero-order valence-electron chi connectivity index (χ0n) is 9.44.